The summed E-state index contributed by atoms with van der Waals surface area (Å²) in [4.78, 5) is 6.61. The van der Waals surface area contributed by atoms with Crippen molar-refractivity contribution >= 4 is 10.9 Å². The number of nitrogens with zero attached hydrogens (tertiary/aromatic N) is 2. The quantitative estimate of drug-likeness (QED) is 0.851. The van der Waals surface area contributed by atoms with E-state index in [1.807, 2.05) is 12.3 Å². The van der Waals surface area contributed by atoms with Gasteiger partial charge in [0, 0.05) is 31.2 Å². The fourth-order valence-electron chi connectivity index (χ4n) is 2.44. The summed E-state index contributed by atoms with van der Waals surface area (Å²) in [6.07, 6.45) is 2.57. The number of rotatable bonds is 2. The monoisotopic (exact) mass is 228 g/mol. The van der Waals surface area contributed by atoms with Crippen LogP contribution in [0.25, 0.3) is 10.9 Å². The van der Waals surface area contributed by atoms with E-state index < -0.39 is 0 Å². The number of β-amino-alcohol motifs (C(OH)–C–C–N with tert-alkyl or cyclic N) is 1. The van der Waals surface area contributed by atoms with Gasteiger partial charge in [-0.1, -0.05) is 12.1 Å². The average Bonchev–Trinajstić information content (AvgIpc) is 2.75. The lowest BCUT2D eigenvalue weighted by molar-refractivity contribution is 0.175. The zero-order valence-corrected chi connectivity index (χ0v) is 9.71. The molecule has 1 N–H and O–H groups in total. The molecule has 1 aliphatic heterocycles. The molecule has 1 aromatic carbocycles. The normalized spacial score (nSPS) is 21.1. The summed E-state index contributed by atoms with van der Waals surface area (Å²) in [5, 5.41) is 10.7. The largest absolute Gasteiger partial charge is 0.392 e. The third kappa shape index (κ3) is 2.30. The molecule has 1 atom stereocenters. The van der Waals surface area contributed by atoms with Crippen LogP contribution in [0.15, 0.2) is 36.5 Å². The van der Waals surface area contributed by atoms with Gasteiger partial charge in [0.1, 0.15) is 0 Å². The van der Waals surface area contributed by atoms with Gasteiger partial charge in [-0.2, -0.15) is 0 Å². The van der Waals surface area contributed by atoms with Crippen molar-refractivity contribution in [3.63, 3.8) is 0 Å². The number of aliphatic hydroxyl groups is 1. The minimum atomic E-state index is -0.142. The molecule has 0 amide bonds. The van der Waals surface area contributed by atoms with Crippen molar-refractivity contribution in [1.82, 2.24) is 9.88 Å². The van der Waals surface area contributed by atoms with Gasteiger partial charge in [0.05, 0.1) is 11.6 Å². The summed E-state index contributed by atoms with van der Waals surface area (Å²) in [6, 6.07) is 10.4. The standard InChI is InChI=1S/C14H16N2O/c17-13-5-7-16(10-13)9-11-3-4-14-12(8-11)2-1-6-15-14/h1-4,6,8,13,17H,5,7,9-10H2/t13-/m0/s1. The maximum absolute atomic E-state index is 9.50. The lowest BCUT2D eigenvalue weighted by Crippen LogP contribution is -2.21. The Kier molecular flexibility index (Phi) is 2.79. The highest BCUT2D eigenvalue weighted by atomic mass is 16.3. The molecule has 0 aliphatic carbocycles. The Hall–Kier alpha value is -1.45. The van der Waals surface area contributed by atoms with Crippen LogP contribution in [0.5, 0.6) is 0 Å². The molecule has 1 aliphatic rings. The first-order valence-corrected chi connectivity index (χ1v) is 6.05. The van der Waals surface area contributed by atoms with Gasteiger partial charge in [-0.3, -0.25) is 9.88 Å². The Bertz CT molecular complexity index is 526. The molecule has 0 spiro atoms. The first kappa shape index (κ1) is 10.7. The van der Waals surface area contributed by atoms with E-state index in [0.29, 0.717) is 0 Å². The SMILES string of the molecule is O[C@H]1CCN(Cc2ccc3ncccc3c2)C1. The van der Waals surface area contributed by atoms with E-state index in [1.54, 1.807) is 0 Å². The highest BCUT2D eigenvalue weighted by Gasteiger charge is 2.19. The molecule has 3 heteroatoms. The molecule has 88 valence electrons. The van der Waals surface area contributed by atoms with Crippen LogP contribution in [0.4, 0.5) is 0 Å². The van der Waals surface area contributed by atoms with E-state index >= 15 is 0 Å². The van der Waals surface area contributed by atoms with E-state index in [1.165, 1.54) is 10.9 Å². The third-order valence-corrected chi connectivity index (χ3v) is 3.32. The molecule has 3 rings (SSSR count). The topological polar surface area (TPSA) is 36.4 Å². The van der Waals surface area contributed by atoms with Crippen LogP contribution in [-0.4, -0.2) is 34.2 Å². The van der Waals surface area contributed by atoms with E-state index in [9.17, 15) is 5.11 Å². The summed E-state index contributed by atoms with van der Waals surface area (Å²) < 4.78 is 0. The highest BCUT2D eigenvalue weighted by molar-refractivity contribution is 5.78. The molecule has 1 saturated heterocycles. The Morgan fingerprint density at radius 2 is 2.29 bits per heavy atom. The van der Waals surface area contributed by atoms with E-state index in [-0.39, 0.29) is 6.10 Å². The number of hydrogen-bond acceptors (Lipinski definition) is 3. The fraction of sp³-hybridized carbons (Fsp3) is 0.357. The predicted octanol–water partition coefficient (Wildman–Crippen LogP) is 1.80. The van der Waals surface area contributed by atoms with Crippen LogP contribution >= 0.6 is 0 Å². The molecule has 1 fully saturated rings. The molecule has 0 bridgehead atoms. The lowest BCUT2D eigenvalue weighted by Gasteiger charge is -2.15. The van der Waals surface area contributed by atoms with Gasteiger partial charge < -0.3 is 5.11 Å². The Labute approximate surface area is 101 Å². The van der Waals surface area contributed by atoms with Crippen molar-refractivity contribution < 1.29 is 5.11 Å². The molecule has 2 aromatic rings. The first-order chi connectivity index (χ1) is 8.31. The maximum Gasteiger partial charge on any atom is 0.0702 e. The summed E-state index contributed by atoms with van der Waals surface area (Å²) in [6.45, 7) is 2.71. The Morgan fingerprint density at radius 3 is 3.12 bits per heavy atom. The van der Waals surface area contributed by atoms with E-state index in [2.05, 4.69) is 34.1 Å². The van der Waals surface area contributed by atoms with Gasteiger partial charge in [0.2, 0.25) is 0 Å². The van der Waals surface area contributed by atoms with Gasteiger partial charge >= 0.3 is 0 Å². The Morgan fingerprint density at radius 1 is 1.35 bits per heavy atom. The van der Waals surface area contributed by atoms with Gasteiger partial charge in [0.25, 0.3) is 0 Å². The summed E-state index contributed by atoms with van der Waals surface area (Å²) in [7, 11) is 0. The van der Waals surface area contributed by atoms with Crippen molar-refractivity contribution in [1.29, 1.82) is 0 Å². The van der Waals surface area contributed by atoms with Crippen LogP contribution in [0.1, 0.15) is 12.0 Å². The van der Waals surface area contributed by atoms with Crippen molar-refractivity contribution in [3.8, 4) is 0 Å². The van der Waals surface area contributed by atoms with Crippen molar-refractivity contribution in [2.45, 2.75) is 19.1 Å². The molecular formula is C14H16N2O. The Balaban J connectivity index is 1.81. The van der Waals surface area contributed by atoms with Crippen molar-refractivity contribution in [2.24, 2.45) is 0 Å². The van der Waals surface area contributed by atoms with Crippen molar-refractivity contribution in [3.05, 3.63) is 42.1 Å². The van der Waals surface area contributed by atoms with Crippen molar-refractivity contribution in [2.75, 3.05) is 13.1 Å². The lowest BCUT2D eigenvalue weighted by atomic mass is 10.1. The zero-order chi connectivity index (χ0) is 11.7. The smallest absolute Gasteiger partial charge is 0.0702 e. The summed E-state index contributed by atoms with van der Waals surface area (Å²) in [5.74, 6) is 0. The minimum absolute atomic E-state index is 0.142. The van der Waals surface area contributed by atoms with Gasteiger partial charge in [-0.25, -0.2) is 0 Å². The van der Waals surface area contributed by atoms with Gasteiger partial charge in [-0.05, 0) is 30.2 Å². The summed E-state index contributed by atoms with van der Waals surface area (Å²) in [5.41, 5.74) is 2.33. The molecule has 2 heterocycles. The second-order valence-electron chi connectivity index (χ2n) is 4.71. The molecule has 1 aromatic heterocycles. The van der Waals surface area contributed by atoms with Gasteiger partial charge in [0.15, 0.2) is 0 Å². The molecular weight excluding hydrogens is 212 g/mol. The average molecular weight is 228 g/mol. The van der Waals surface area contributed by atoms with Crippen LogP contribution < -0.4 is 0 Å². The molecule has 0 saturated carbocycles. The van der Waals surface area contributed by atoms with E-state index in [4.69, 9.17) is 0 Å². The number of likely N-dealkylation sites (tertiary alicyclic amines) is 1. The minimum Gasteiger partial charge on any atom is -0.392 e. The van der Waals surface area contributed by atoms with E-state index in [0.717, 1.165) is 31.6 Å². The molecule has 0 radical (unpaired) electrons. The highest BCUT2D eigenvalue weighted by Crippen LogP contribution is 2.17. The number of pyridine rings is 1. The maximum atomic E-state index is 9.50. The summed E-state index contributed by atoms with van der Waals surface area (Å²) >= 11 is 0. The van der Waals surface area contributed by atoms with Crippen LogP contribution in [0.3, 0.4) is 0 Å². The molecule has 17 heavy (non-hydrogen) atoms. The van der Waals surface area contributed by atoms with Gasteiger partial charge in [-0.15, -0.1) is 0 Å². The zero-order valence-electron chi connectivity index (χ0n) is 9.71. The third-order valence-electron chi connectivity index (χ3n) is 3.32. The number of benzene rings is 1. The van der Waals surface area contributed by atoms with Crippen LogP contribution in [-0.2, 0) is 6.54 Å². The second kappa shape index (κ2) is 4.43. The number of aromatic nitrogens is 1. The number of hydrogen-bond donors (Lipinski definition) is 1. The molecule has 0 unspecified atom stereocenters. The number of aliphatic hydroxyl groups excluding tert-OH is 1. The van der Waals surface area contributed by atoms with Crippen LogP contribution in [0, 0.1) is 0 Å². The first-order valence-electron chi connectivity index (χ1n) is 6.05. The molecule has 3 nitrogen and oxygen atoms in total. The number of fused-ring (bicyclic) bond motifs is 1. The van der Waals surface area contributed by atoms with Crippen LogP contribution in [0.2, 0.25) is 0 Å². The predicted molar refractivity (Wildman–Crippen MR) is 67.6 cm³/mol. The second-order valence-corrected chi connectivity index (χ2v) is 4.71. The fourth-order valence-corrected chi connectivity index (χ4v) is 2.44.